The van der Waals surface area contributed by atoms with Crippen LogP contribution in [-0.4, -0.2) is 15.5 Å². The van der Waals surface area contributed by atoms with E-state index in [0.29, 0.717) is 4.83 Å². The van der Waals surface area contributed by atoms with Crippen LogP contribution in [-0.2, 0) is 0 Å². The summed E-state index contributed by atoms with van der Waals surface area (Å²) in [7, 11) is 0. The SMILES string of the molecule is CCC(Br)CC(C)(C)O. The predicted octanol–water partition coefficient (Wildman–Crippen LogP) is 2.32. The van der Waals surface area contributed by atoms with Gasteiger partial charge >= 0.3 is 0 Å². The van der Waals surface area contributed by atoms with Gasteiger partial charge in [0, 0.05) is 4.83 Å². The van der Waals surface area contributed by atoms with E-state index in [1.54, 1.807) is 0 Å². The van der Waals surface area contributed by atoms with Crippen LogP contribution in [0.2, 0.25) is 0 Å². The van der Waals surface area contributed by atoms with Crippen molar-refractivity contribution in [1.29, 1.82) is 0 Å². The van der Waals surface area contributed by atoms with Crippen LogP contribution in [0.4, 0.5) is 0 Å². The largest absolute Gasteiger partial charge is 0.390 e. The maximum absolute atomic E-state index is 9.29. The summed E-state index contributed by atoms with van der Waals surface area (Å²) in [5.74, 6) is 0. The molecule has 0 saturated carbocycles. The first-order valence-corrected chi connectivity index (χ1v) is 4.23. The van der Waals surface area contributed by atoms with Gasteiger partial charge in [0.25, 0.3) is 0 Å². The van der Waals surface area contributed by atoms with Gasteiger partial charge in [0.2, 0.25) is 0 Å². The number of alkyl halides is 1. The molecule has 0 saturated heterocycles. The predicted molar refractivity (Wildman–Crippen MR) is 43.9 cm³/mol. The van der Waals surface area contributed by atoms with E-state index in [1.807, 2.05) is 13.8 Å². The number of aliphatic hydroxyl groups is 1. The van der Waals surface area contributed by atoms with Crippen molar-refractivity contribution in [2.75, 3.05) is 0 Å². The second kappa shape index (κ2) is 3.57. The highest BCUT2D eigenvalue weighted by Gasteiger charge is 2.16. The molecule has 0 aliphatic heterocycles. The summed E-state index contributed by atoms with van der Waals surface area (Å²) < 4.78 is 0. The highest BCUT2D eigenvalue weighted by molar-refractivity contribution is 9.09. The van der Waals surface area contributed by atoms with E-state index in [9.17, 15) is 5.11 Å². The summed E-state index contributed by atoms with van der Waals surface area (Å²) in [5, 5.41) is 9.29. The van der Waals surface area contributed by atoms with Gasteiger partial charge < -0.3 is 5.11 Å². The summed E-state index contributed by atoms with van der Waals surface area (Å²) in [6.07, 6.45) is 1.90. The monoisotopic (exact) mass is 194 g/mol. The highest BCUT2D eigenvalue weighted by atomic mass is 79.9. The lowest BCUT2D eigenvalue weighted by Gasteiger charge is -2.19. The third-order valence-electron chi connectivity index (χ3n) is 1.16. The fourth-order valence-corrected chi connectivity index (χ4v) is 1.48. The van der Waals surface area contributed by atoms with Crippen LogP contribution in [0.1, 0.15) is 33.6 Å². The van der Waals surface area contributed by atoms with Crippen molar-refractivity contribution in [2.45, 2.75) is 44.0 Å². The molecule has 0 spiro atoms. The zero-order valence-electron chi connectivity index (χ0n) is 6.32. The van der Waals surface area contributed by atoms with E-state index in [1.165, 1.54) is 0 Å². The average Bonchev–Trinajstić information content (AvgIpc) is 1.62. The molecule has 0 aromatic heterocycles. The Bertz CT molecular complexity index is 75.5. The van der Waals surface area contributed by atoms with Crippen molar-refractivity contribution in [1.82, 2.24) is 0 Å². The Balaban J connectivity index is 3.47. The minimum absolute atomic E-state index is 0.456. The molecule has 0 amide bonds. The molecule has 9 heavy (non-hydrogen) atoms. The first-order valence-electron chi connectivity index (χ1n) is 3.32. The van der Waals surface area contributed by atoms with Gasteiger partial charge in [-0.25, -0.2) is 0 Å². The molecular formula is C7H15BrO. The third-order valence-corrected chi connectivity index (χ3v) is 2.14. The van der Waals surface area contributed by atoms with E-state index in [-0.39, 0.29) is 0 Å². The van der Waals surface area contributed by atoms with Crippen molar-refractivity contribution in [3.63, 3.8) is 0 Å². The Morgan fingerprint density at radius 3 is 2.11 bits per heavy atom. The summed E-state index contributed by atoms with van der Waals surface area (Å²) in [4.78, 5) is 0.456. The lowest BCUT2D eigenvalue weighted by molar-refractivity contribution is 0.0709. The lowest BCUT2D eigenvalue weighted by atomic mass is 10.0. The maximum Gasteiger partial charge on any atom is 0.0602 e. The highest BCUT2D eigenvalue weighted by Crippen LogP contribution is 2.18. The van der Waals surface area contributed by atoms with Gasteiger partial charge in [-0.15, -0.1) is 0 Å². The molecule has 0 aliphatic rings. The topological polar surface area (TPSA) is 20.2 Å². The van der Waals surface area contributed by atoms with Gasteiger partial charge in [-0.2, -0.15) is 0 Å². The molecule has 1 unspecified atom stereocenters. The van der Waals surface area contributed by atoms with E-state index in [2.05, 4.69) is 22.9 Å². The maximum atomic E-state index is 9.29. The molecule has 0 rings (SSSR count). The molecule has 0 bridgehead atoms. The zero-order chi connectivity index (χ0) is 7.49. The minimum atomic E-state index is -0.524. The Morgan fingerprint density at radius 2 is 2.00 bits per heavy atom. The lowest BCUT2D eigenvalue weighted by Crippen LogP contribution is -2.22. The normalized spacial score (nSPS) is 15.7. The first-order chi connectivity index (χ1) is 3.95. The van der Waals surface area contributed by atoms with Crippen LogP contribution >= 0.6 is 15.9 Å². The van der Waals surface area contributed by atoms with E-state index < -0.39 is 5.60 Å². The summed E-state index contributed by atoms with van der Waals surface area (Å²) in [5.41, 5.74) is -0.524. The molecule has 56 valence electrons. The van der Waals surface area contributed by atoms with Gasteiger partial charge in [0.1, 0.15) is 0 Å². The standard InChI is InChI=1S/C7H15BrO/c1-4-6(8)5-7(2,3)9/h6,9H,4-5H2,1-3H3. The van der Waals surface area contributed by atoms with Crippen LogP contribution in [0.3, 0.4) is 0 Å². The molecule has 0 radical (unpaired) electrons. The summed E-state index contributed by atoms with van der Waals surface area (Å²) >= 11 is 3.45. The van der Waals surface area contributed by atoms with Gasteiger partial charge in [-0.05, 0) is 26.7 Å². The fraction of sp³-hybridized carbons (Fsp3) is 1.00. The van der Waals surface area contributed by atoms with E-state index >= 15 is 0 Å². The number of rotatable bonds is 3. The van der Waals surface area contributed by atoms with Crippen molar-refractivity contribution >= 4 is 15.9 Å². The number of halogens is 1. The summed E-state index contributed by atoms with van der Waals surface area (Å²) in [6.45, 7) is 5.76. The number of hydrogen-bond donors (Lipinski definition) is 1. The van der Waals surface area contributed by atoms with E-state index in [0.717, 1.165) is 12.8 Å². The minimum Gasteiger partial charge on any atom is -0.390 e. The molecule has 0 aromatic rings. The van der Waals surface area contributed by atoms with Crippen LogP contribution in [0.15, 0.2) is 0 Å². The molecule has 0 heterocycles. The fourth-order valence-electron chi connectivity index (χ4n) is 0.686. The van der Waals surface area contributed by atoms with Gasteiger partial charge in [0.05, 0.1) is 5.60 Å². The van der Waals surface area contributed by atoms with Crippen LogP contribution in [0, 0.1) is 0 Å². The molecule has 2 heteroatoms. The molecule has 0 fully saturated rings. The second-order valence-corrected chi connectivity index (χ2v) is 4.32. The van der Waals surface area contributed by atoms with E-state index in [4.69, 9.17) is 0 Å². The zero-order valence-corrected chi connectivity index (χ0v) is 7.90. The molecule has 1 N–H and O–H groups in total. The Hall–Kier alpha value is 0.440. The molecule has 0 aliphatic carbocycles. The van der Waals surface area contributed by atoms with Crippen LogP contribution in [0.25, 0.3) is 0 Å². The molecular weight excluding hydrogens is 180 g/mol. The summed E-state index contributed by atoms with van der Waals surface area (Å²) in [6, 6.07) is 0. The second-order valence-electron chi connectivity index (χ2n) is 3.02. The average molecular weight is 195 g/mol. The Kier molecular flexibility index (Phi) is 3.74. The Labute approximate surface area is 65.6 Å². The van der Waals surface area contributed by atoms with Gasteiger partial charge in [-0.1, -0.05) is 22.9 Å². The smallest absolute Gasteiger partial charge is 0.0602 e. The molecule has 1 nitrogen and oxygen atoms in total. The van der Waals surface area contributed by atoms with Crippen molar-refractivity contribution < 1.29 is 5.11 Å². The molecule has 0 aromatic carbocycles. The van der Waals surface area contributed by atoms with Gasteiger partial charge in [-0.3, -0.25) is 0 Å². The van der Waals surface area contributed by atoms with Gasteiger partial charge in [0.15, 0.2) is 0 Å². The van der Waals surface area contributed by atoms with Crippen molar-refractivity contribution in [3.05, 3.63) is 0 Å². The quantitative estimate of drug-likeness (QED) is 0.685. The number of hydrogen-bond acceptors (Lipinski definition) is 1. The van der Waals surface area contributed by atoms with Crippen LogP contribution < -0.4 is 0 Å². The van der Waals surface area contributed by atoms with Crippen molar-refractivity contribution in [3.8, 4) is 0 Å². The van der Waals surface area contributed by atoms with Crippen molar-refractivity contribution in [2.24, 2.45) is 0 Å². The van der Waals surface area contributed by atoms with Crippen LogP contribution in [0.5, 0.6) is 0 Å². The third kappa shape index (κ3) is 6.32. The molecule has 1 atom stereocenters. The first kappa shape index (κ1) is 9.44. The Morgan fingerprint density at radius 1 is 1.56 bits per heavy atom.